The minimum atomic E-state index is -4.43. The molecule has 0 aromatic heterocycles. The Kier molecular flexibility index (Phi) is 39.0. The first-order valence-corrected chi connectivity index (χ1v) is 25.2. The molecule has 344 valence electrons. The highest BCUT2D eigenvalue weighted by atomic mass is 31.2. The molecule has 0 aliphatic carbocycles. The van der Waals surface area contributed by atoms with E-state index in [1.54, 1.807) is 0 Å². The molecular formula is C49H92N2O7P+. The molecule has 0 heterocycles. The quantitative estimate of drug-likeness (QED) is 0.0209. The molecule has 9 nitrogen and oxygen atoms in total. The van der Waals surface area contributed by atoms with Crippen molar-refractivity contribution in [3.8, 4) is 0 Å². The molecule has 0 radical (unpaired) electrons. The number of hydrogen-bond acceptors (Lipinski definition) is 6. The summed E-state index contributed by atoms with van der Waals surface area (Å²) in [4.78, 5) is 23.2. The lowest BCUT2D eigenvalue weighted by Crippen LogP contribution is -2.51. The van der Waals surface area contributed by atoms with Crippen LogP contribution in [0.4, 0.5) is 0 Å². The lowest BCUT2D eigenvalue weighted by atomic mass is 10.0. The van der Waals surface area contributed by atoms with Crippen molar-refractivity contribution in [2.45, 2.75) is 205 Å². The predicted octanol–water partition coefficient (Wildman–Crippen LogP) is 12.4. The van der Waals surface area contributed by atoms with Gasteiger partial charge in [0.2, 0.25) is 5.91 Å². The van der Waals surface area contributed by atoms with Crippen molar-refractivity contribution in [2.24, 2.45) is 0 Å². The number of amides is 1. The number of carbonyl (C=O) groups excluding carboxylic acids is 1. The Balaban J connectivity index is 4.45. The molecule has 1 amide bonds. The van der Waals surface area contributed by atoms with Crippen LogP contribution in [0.15, 0.2) is 60.8 Å². The number of allylic oxidation sites excluding steroid dienone is 10. The molecule has 0 bridgehead atoms. The van der Waals surface area contributed by atoms with E-state index in [1.165, 1.54) is 83.5 Å². The summed E-state index contributed by atoms with van der Waals surface area (Å²) >= 11 is 0. The summed E-state index contributed by atoms with van der Waals surface area (Å²) in [5.41, 5.74) is 0. The lowest BCUT2D eigenvalue weighted by Gasteiger charge is -2.28. The van der Waals surface area contributed by atoms with Gasteiger partial charge in [0.25, 0.3) is 0 Å². The van der Waals surface area contributed by atoms with Crippen LogP contribution in [0.25, 0.3) is 0 Å². The van der Waals surface area contributed by atoms with Crippen molar-refractivity contribution in [1.29, 1.82) is 0 Å². The first kappa shape index (κ1) is 57.2. The van der Waals surface area contributed by atoms with Crippen LogP contribution in [-0.4, -0.2) is 84.6 Å². The second-order valence-corrected chi connectivity index (χ2v) is 18.7. The Labute approximate surface area is 363 Å². The van der Waals surface area contributed by atoms with Gasteiger partial charge in [0.05, 0.1) is 39.9 Å². The molecule has 0 fully saturated rings. The van der Waals surface area contributed by atoms with E-state index in [0.717, 1.165) is 64.2 Å². The number of phosphoric ester groups is 1. The summed E-state index contributed by atoms with van der Waals surface area (Å²) in [6, 6.07) is -1.06. The summed E-state index contributed by atoms with van der Waals surface area (Å²) in [5, 5.41) is 24.6. The number of quaternary nitrogens is 1. The second kappa shape index (κ2) is 40.2. The standard InChI is InChI=1S/C49H91N2O7P/c1-6-8-10-12-14-16-18-20-21-22-23-24-25-26-27-28-29-30-32-34-36-38-40-42-48(53)50-46(45-58-59(55,56)57-44-43-51(3,4)5)49(54)47(52)41-39-37-35-33-31-19-17-15-13-11-9-7-2/h15,17-18,20,22-23,25-26,33,35,46-47,49,52,54H,6-14,16,19,21,24,27-32,34,36-45H2,1-5H3,(H-,50,53,55,56)/p+1/b17-15+,20-18-,23-22-,26-25-,35-33+. The maximum Gasteiger partial charge on any atom is 0.472 e. The Morgan fingerprint density at radius 3 is 1.56 bits per heavy atom. The zero-order valence-corrected chi connectivity index (χ0v) is 39.5. The van der Waals surface area contributed by atoms with Crippen molar-refractivity contribution in [1.82, 2.24) is 5.32 Å². The van der Waals surface area contributed by atoms with Crippen LogP contribution in [0.3, 0.4) is 0 Å². The number of carbonyl (C=O) groups is 1. The van der Waals surface area contributed by atoms with Crippen LogP contribution in [0.5, 0.6) is 0 Å². The van der Waals surface area contributed by atoms with Crippen molar-refractivity contribution in [3.05, 3.63) is 60.8 Å². The van der Waals surface area contributed by atoms with Gasteiger partial charge in [-0.15, -0.1) is 0 Å². The molecule has 0 spiro atoms. The number of phosphoric acid groups is 1. The highest BCUT2D eigenvalue weighted by molar-refractivity contribution is 7.47. The van der Waals surface area contributed by atoms with E-state index in [2.05, 4.69) is 79.9 Å². The van der Waals surface area contributed by atoms with Gasteiger partial charge in [0, 0.05) is 6.42 Å². The average Bonchev–Trinajstić information content (AvgIpc) is 3.19. The maximum atomic E-state index is 12.9. The molecule has 4 N–H and O–H groups in total. The molecule has 0 aliphatic heterocycles. The molecule has 0 aromatic carbocycles. The molecule has 59 heavy (non-hydrogen) atoms. The van der Waals surface area contributed by atoms with Crippen LogP contribution < -0.4 is 5.32 Å². The number of likely N-dealkylation sites (N-methyl/N-ethyl adjacent to an activating group) is 1. The minimum Gasteiger partial charge on any atom is -0.390 e. The van der Waals surface area contributed by atoms with E-state index in [-0.39, 0.29) is 18.9 Å². The Hall–Kier alpha value is -1.84. The summed E-state index contributed by atoms with van der Waals surface area (Å²) in [7, 11) is 1.39. The van der Waals surface area contributed by atoms with E-state index in [1.807, 2.05) is 21.1 Å². The van der Waals surface area contributed by atoms with E-state index in [9.17, 15) is 24.5 Å². The highest BCUT2D eigenvalue weighted by Gasteiger charge is 2.31. The molecule has 4 atom stereocenters. The Morgan fingerprint density at radius 2 is 1.02 bits per heavy atom. The highest BCUT2D eigenvalue weighted by Crippen LogP contribution is 2.43. The van der Waals surface area contributed by atoms with Crippen molar-refractivity contribution < 1.29 is 38.0 Å². The average molecular weight is 852 g/mol. The number of unbranched alkanes of at least 4 members (excludes halogenated alkanes) is 18. The number of aliphatic hydroxyl groups is 2. The molecule has 0 rings (SSSR count). The van der Waals surface area contributed by atoms with Crippen LogP contribution in [0, 0.1) is 0 Å². The van der Waals surface area contributed by atoms with E-state index in [0.29, 0.717) is 30.3 Å². The fourth-order valence-corrected chi connectivity index (χ4v) is 7.19. The monoisotopic (exact) mass is 852 g/mol. The molecule has 4 unspecified atom stereocenters. The summed E-state index contributed by atoms with van der Waals surface area (Å²) in [5.74, 6) is -0.283. The third-order valence-corrected chi connectivity index (χ3v) is 11.3. The van der Waals surface area contributed by atoms with Crippen LogP contribution >= 0.6 is 7.82 Å². The predicted molar refractivity (Wildman–Crippen MR) is 250 cm³/mol. The molecule has 0 aromatic rings. The van der Waals surface area contributed by atoms with Gasteiger partial charge in [-0.3, -0.25) is 13.8 Å². The number of aliphatic hydroxyl groups excluding tert-OH is 2. The van der Waals surface area contributed by atoms with Gasteiger partial charge in [-0.2, -0.15) is 0 Å². The van der Waals surface area contributed by atoms with Gasteiger partial charge in [0.15, 0.2) is 0 Å². The first-order valence-electron chi connectivity index (χ1n) is 23.7. The molecular weight excluding hydrogens is 760 g/mol. The van der Waals surface area contributed by atoms with E-state index in [4.69, 9.17) is 9.05 Å². The van der Waals surface area contributed by atoms with Crippen LogP contribution in [-0.2, 0) is 18.4 Å². The minimum absolute atomic E-state index is 0.00950. The van der Waals surface area contributed by atoms with Gasteiger partial charge in [-0.25, -0.2) is 4.57 Å². The maximum absolute atomic E-state index is 12.9. The topological polar surface area (TPSA) is 125 Å². The fraction of sp³-hybridized carbons (Fsp3) is 0.776. The number of nitrogens with zero attached hydrogens (tertiary/aromatic N) is 1. The normalized spacial score (nSPS) is 15.3. The zero-order valence-electron chi connectivity index (χ0n) is 38.6. The van der Waals surface area contributed by atoms with E-state index < -0.39 is 32.7 Å². The van der Waals surface area contributed by atoms with Gasteiger partial charge in [0.1, 0.15) is 19.3 Å². The summed E-state index contributed by atoms with van der Waals surface area (Å²) in [6.45, 7) is 4.51. The lowest BCUT2D eigenvalue weighted by molar-refractivity contribution is -0.870. The van der Waals surface area contributed by atoms with Crippen LogP contribution in [0.2, 0.25) is 0 Å². The molecule has 0 aliphatic rings. The zero-order chi connectivity index (χ0) is 43.7. The fourth-order valence-electron chi connectivity index (χ4n) is 6.46. The summed E-state index contributed by atoms with van der Waals surface area (Å²) < 4.78 is 23.5. The summed E-state index contributed by atoms with van der Waals surface area (Å²) in [6.07, 6.45) is 48.6. The molecule has 0 saturated heterocycles. The smallest absolute Gasteiger partial charge is 0.390 e. The number of rotatable bonds is 42. The second-order valence-electron chi connectivity index (χ2n) is 17.2. The van der Waals surface area contributed by atoms with Crippen molar-refractivity contribution in [3.63, 3.8) is 0 Å². The Morgan fingerprint density at radius 1 is 0.593 bits per heavy atom. The Bertz CT molecular complexity index is 1160. The molecule has 10 heteroatoms. The van der Waals surface area contributed by atoms with Gasteiger partial charge < -0.3 is 24.9 Å². The van der Waals surface area contributed by atoms with Gasteiger partial charge in [-0.1, -0.05) is 152 Å². The first-order chi connectivity index (χ1) is 28.4. The van der Waals surface area contributed by atoms with Crippen molar-refractivity contribution in [2.75, 3.05) is 40.9 Å². The van der Waals surface area contributed by atoms with Gasteiger partial charge in [-0.05, 0) is 89.9 Å². The molecule has 0 saturated carbocycles. The third-order valence-electron chi connectivity index (χ3n) is 10.3. The SMILES string of the molecule is CCCCC/C=C/CC/C=C/CCCC(O)C(O)C(COP(=O)(O)OCC[N+](C)(C)C)NC(=O)CCCCCCCCCC/C=C\C/C=C\C/C=C\CCCCCCC. The number of hydrogen-bond donors (Lipinski definition) is 4. The largest absolute Gasteiger partial charge is 0.472 e. The third kappa shape index (κ3) is 41.3. The number of nitrogens with one attached hydrogen (secondary N) is 1. The van der Waals surface area contributed by atoms with Crippen LogP contribution in [0.1, 0.15) is 187 Å². The van der Waals surface area contributed by atoms with E-state index >= 15 is 0 Å². The van der Waals surface area contributed by atoms with Gasteiger partial charge >= 0.3 is 7.82 Å². The van der Waals surface area contributed by atoms with Crippen molar-refractivity contribution >= 4 is 13.7 Å².